The van der Waals surface area contributed by atoms with Gasteiger partial charge in [0.2, 0.25) is 0 Å². The molecule has 0 aromatic heterocycles. The van der Waals surface area contributed by atoms with E-state index in [1.807, 2.05) is 49.5 Å². The lowest BCUT2D eigenvalue weighted by atomic mass is 10.0. The van der Waals surface area contributed by atoms with Crippen LogP contribution in [0.4, 0.5) is 0 Å². The Morgan fingerprint density at radius 3 is 2.50 bits per heavy atom. The van der Waals surface area contributed by atoms with Crippen LogP contribution in [-0.2, 0) is 6.42 Å². The van der Waals surface area contributed by atoms with Crippen molar-refractivity contribution in [3.8, 4) is 0 Å². The number of carbonyl (C=O) groups excluding carboxylic acids is 1. The van der Waals surface area contributed by atoms with E-state index in [-0.39, 0.29) is 5.91 Å². The number of hydrogen-bond donors (Lipinski definition) is 2. The largest absolute Gasteiger partial charge is 0.351 e. The molecule has 1 amide bonds. The van der Waals surface area contributed by atoms with Gasteiger partial charge in [0.25, 0.3) is 5.91 Å². The summed E-state index contributed by atoms with van der Waals surface area (Å²) >= 11 is 1.75. The average molecular weight is 314 g/mol. The molecule has 0 aliphatic heterocycles. The number of carbonyl (C=O) groups is 1. The Balaban J connectivity index is 1.82. The van der Waals surface area contributed by atoms with Gasteiger partial charge in [0.1, 0.15) is 0 Å². The lowest BCUT2D eigenvalue weighted by molar-refractivity contribution is 0.0955. The molecule has 2 N–H and O–H groups in total. The molecule has 0 bridgehead atoms. The fraction of sp³-hybridized carbons (Fsp3) is 0.278. The van der Waals surface area contributed by atoms with Crippen LogP contribution in [0.1, 0.15) is 15.9 Å². The molecule has 0 aliphatic carbocycles. The molecule has 0 fully saturated rings. The highest BCUT2D eigenvalue weighted by Crippen LogP contribution is 2.16. The minimum atomic E-state index is 0.0142. The molecule has 4 heteroatoms. The van der Waals surface area contributed by atoms with Crippen molar-refractivity contribution in [3.05, 3.63) is 65.7 Å². The molecule has 2 rings (SSSR count). The summed E-state index contributed by atoms with van der Waals surface area (Å²) in [5.74, 6) is 0.884. The van der Waals surface area contributed by atoms with Crippen molar-refractivity contribution in [1.29, 1.82) is 0 Å². The summed E-state index contributed by atoms with van der Waals surface area (Å²) in [7, 11) is 1.92. The van der Waals surface area contributed by atoms with Gasteiger partial charge in [0, 0.05) is 22.8 Å². The van der Waals surface area contributed by atoms with E-state index >= 15 is 0 Å². The van der Waals surface area contributed by atoms with E-state index in [0.717, 1.165) is 29.8 Å². The number of amides is 1. The van der Waals surface area contributed by atoms with Crippen LogP contribution in [0.2, 0.25) is 0 Å². The van der Waals surface area contributed by atoms with Gasteiger partial charge in [0.05, 0.1) is 0 Å². The smallest absolute Gasteiger partial charge is 0.251 e. The van der Waals surface area contributed by atoms with Crippen molar-refractivity contribution < 1.29 is 4.79 Å². The number of likely N-dealkylation sites (N-methyl/N-ethyl adjacent to an activating group) is 1. The van der Waals surface area contributed by atoms with E-state index in [4.69, 9.17) is 0 Å². The van der Waals surface area contributed by atoms with Crippen molar-refractivity contribution in [2.75, 3.05) is 25.9 Å². The maximum absolute atomic E-state index is 12.3. The first kappa shape index (κ1) is 16.6. The Morgan fingerprint density at radius 2 is 1.73 bits per heavy atom. The van der Waals surface area contributed by atoms with E-state index in [2.05, 4.69) is 22.8 Å². The standard InChI is InChI=1S/C18H22N2OS/c1-19-12-11-15-7-5-6-10-17(15)18(21)20-13-14-22-16-8-3-2-4-9-16/h2-10,19H,11-14H2,1H3,(H,20,21). The van der Waals surface area contributed by atoms with Gasteiger partial charge in [-0.2, -0.15) is 0 Å². The Bertz CT molecular complexity index is 587. The topological polar surface area (TPSA) is 41.1 Å². The van der Waals surface area contributed by atoms with Gasteiger partial charge < -0.3 is 10.6 Å². The van der Waals surface area contributed by atoms with Crippen LogP contribution < -0.4 is 10.6 Å². The summed E-state index contributed by atoms with van der Waals surface area (Å²) in [5, 5.41) is 6.12. The second kappa shape index (κ2) is 9.28. The molecule has 0 radical (unpaired) electrons. The summed E-state index contributed by atoms with van der Waals surface area (Å²) in [6, 6.07) is 18.0. The third-order valence-corrected chi connectivity index (χ3v) is 4.32. The van der Waals surface area contributed by atoms with Crippen LogP contribution in [0.5, 0.6) is 0 Å². The van der Waals surface area contributed by atoms with Crippen LogP contribution in [0, 0.1) is 0 Å². The maximum Gasteiger partial charge on any atom is 0.251 e. The molecular weight excluding hydrogens is 292 g/mol. The zero-order valence-corrected chi connectivity index (χ0v) is 13.7. The van der Waals surface area contributed by atoms with Crippen LogP contribution >= 0.6 is 11.8 Å². The van der Waals surface area contributed by atoms with Crippen LogP contribution in [0.25, 0.3) is 0 Å². The highest BCUT2D eigenvalue weighted by atomic mass is 32.2. The second-order valence-electron chi connectivity index (χ2n) is 4.93. The molecule has 0 heterocycles. The summed E-state index contributed by atoms with van der Waals surface area (Å²) in [5.41, 5.74) is 1.87. The molecule has 2 aromatic rings. The first-order valence-corrected chi connectivity index (χ1v) is 8.48. The summed E-state index contributed by atoms with van der Waals surface area (Å²) in [4.78, 5) is 13.5. The molecule has 3 nitrogen and oxygen atoms in total. The van der Waals surface area contributed by atoms with Gasteiger partial charge in [-0.15, -0.1) is 11.8 Å². The minimum Gasteiger partial charge on any atom is -0.351 e. The monoisotopic (exact) mass is 314 g/mol. The average Bonchev–Trinajstić information content (AvgIpc) is 2.58. The normalized spacial score (nSPS) is 10.4. The quantitative estimate of drug-likeness (QED) is 0.581. The third-order valence-electron chi connectivity index (χ3n) is 3.31. The van der Waals surface area contributed by atoms with Gasteiger partial charge in [-0.25, -0.2) is 0 Å². The second-order valence-corrected chi connectivity index (χ2v) is 6.10. The number of benzene rings is 2. The Kier molecular flexibility index (Phi) is 7.00. The molecule has 0 saturated heterocycles. The fourth-order valence-electron chi connectivity index (χ4n) is 2.16. The molecule has 0 atom stereocenters. The molecule has 0 aliphatic rings. The summed E-state index contributed by atoms with van der Waals surface area (Å²) < 4.78 is 0. The van der Waals surface area contributed by atoms with E-state index in [9.17, 15) is 4.79 Å². The van der Waals surface area contributed by atoms with E-state index in [1.54, 1.807) is 11.8 Å². The zero-order valence-electron chi connectivity index (χ0n) is 12.8. The van der Waals surface area contributed by atoms with Crippen molar-refractivity contribution in [2.45, 2.75) is 11.3 Å². The SMILES string of the molecule is CNCCc1ccccc1C(=O)NCCSc1ccccc1. The van der Waals surface area contributed by atoms with Crippen molar-refractivity contribution >= 4 is 17.7 Å². The van der Waals surface area contributed by atoms with Crippen molar-refractivity contribution in [2.24, 2.45) is 0 Å². The van der Waals surface area contributed by atoms with Gasteiger partial charge >= 0.3 is 0 Å². The first-order chi connectivity index (χ1) is 10.8. The summed E-state index contributed by atoms with van der Waals surface area (Å²) in [6.07, 6.45) is 0.860. The number of hydrogen-bond acceptors (Lipinski definition) is 3. The molecule has 0 saturated carbocycles. The van der Waals surface area contributed by atoms with Crippen LogP contribution in [0.3, 0.4) is 0 Å². The van der Waals surface area contributed by atoms with Crippen LogP contribution in [-0.4, -0.2) is 31.8 Å². The predicted octanol–water partition coefficient (Wildman–Crippen LogP) is 2.97. The highest BCUT2D eigenvalue weighted by Gasteiger charge is 2.09. The van der Waals surface area contributed by atoms with Gasteiger partial charge in [0.15, 0.2) is 0 Å². The van der Waals surface area contributed by atoms with E-state index in [1.165, 1.54) is 4.90 Å². The molecule has 0 spiro atoms. The lowest BCUT2D eigenvalue weighted by Gasteiger charge is -2.10. The van der Waals surface area contributed by atoms with Gasteiger partial charge in [-0.1, -0.05) is 36.4 Å². The number of thioether (sulfide) groups is 1. The van der Waals surface area contributed by atoms with Crippen molar-refractivity contribution in [1.82, 2.24) is 10.6 Å². The van der Waals surface area contributed by atoms with E-state index < -0.39 is 0 Å². The Morgan fingerprint density at radius 1 is 1.00 bits per heavy atom. The third kappa shape index (κ3) is 5.20. The Hall–Kier alpha value is -1.78. The van der Waals surface area contributed by atoms with Gasteiger partial charge in [-0.05, 0) is 43.8 Å². The number of rotatable bonds is 8. The highest BCUT2D eigenvalue weighted by molar-refractivity contribution is 7.99. The summed E-state index contributed by atoms with van der Waals surface area (Å²) in [6.45, 7) is 1.53. The van der Waals surface area contributed by atoms with E-state index in [0.29, 0.717) is 6.54 Å². The fourth-order valence-corrected chi connectivity index (χ4v) is 2.95. The van der Waals surface area contributed by atoms with Gasteiger partial charge in [-0.3, -0.25) is 4.79 Å². The van der Waals surface area contributed by atoms with Crippen LogP contribution in [0.15, 0.2) is 59.5 Å². The predicted molar refractivity (Wildman–Crippen MR) is 93.6 cm³/mol. The molecule has 22 heavy (non-hydrogen) atoms. The maximum atomic E-state index is 12.3. The molecular formula is C18H22N2OS. The molecule has 0 unspecified atom stereocenters. The zero-order chi connectivity index (χ0) is 15.6. The minimum absolute atomic E-state index is 0.0142. The Labute approximate surface area is 136 Å². The lowest BCUT2D eigenvalue weighted by Crippen LogP contribution is -2.27. The van der Waals surface area contributed by atoms with Crippen molar-refractivity contribution in [3.63, 3.8) is 0 Å². The first-order valence-electron chi connectivity index (χ1n) is 7.50. The molecule has 2 aromatic carbocycles. The number of nitrogens with one attached hydrogen (secondary N) is 2. The molecule has 116 valence electrons.